The number of hydrogen-bond donors (Lipinski definition) is 4. The number of halogens is 2. The van der Waals surface area contributed by atoms with Crippen LogP contribution in [-0.2, 0) is 16.6 Å². The van der Waals surface area contributed by atoms with E-state index in [0.29, 0.717) is 47.5 Å². The summed E-state index contributed by atoms with van der Waals surface area (Å²) in [5.74, 6) is 0. The number of aromatic nitrogens is 3. The number of aromatic amines is 1. The molecule has 1 aliphatic rings. The van der Waals surface area contributed by atoms with Crippen LogP contribution in [0.1, 0.15) is 24.8 Å². The van der Waals surface area contributed by atoms with Crippen LogP contribution in [-0.4, -0.2) is 55.3 Å². The highest BCUT2D eigenvalue weighted by atomic mass is 35.5. The van der Waals surface area contributed by atoms with E-state index in [1.807, 2.05) is 30.3 Å². The SMILES string of the molecule is O=c1nc2[nH]c(-c3ccc(S(=O)(=O)NC4CCNCC4)c(Cl)c3)cc2cn1-c1ccc(CNCCCF)cc1. The first-order valence-electron chi connectivity index (χ1n) is 12.9. The molecule has 0 saturated carbocycles. The van der Waals surface area contributed by atoms with Gasteiger partial charge in [0.25, 0.3) is 0 Å². The molecule has 2 aromatic heterocycles. The monoisotopic (exact) mass is 572 g/mol. The molecule has 4 N–H and O–H groups in total. The van der Waals surface area contributed by atoms with Gasteiger partial charge in [-0.15, -0.1) is 0 Å². The lowest BCUT2D eigenvalue weighted by Gasteiger charge is -2.23. The van der Waals surface area contributed by atoms with Crippen molar-refractivity contribution in [2.24, 2.45) is 0 Å². The summed E-state index contributed by atoms with van der Waals surface area (Å²) in [4.78, 5) is 20.1. The van der Waals surface area contributed by atoms with E-state index in [1.54, 1.807) is 18.3 Å². The lowest BCUT2D eigenvalue weighted by molar-refractivity contribution is 0.427. The second-order valence-corrected chi connectivity index (χ2v) is 11.6. The molecule has 0 unspecified atom stereocenters. The van der Waals surface area contributed by atoms with E-state index < -0.39 is 15.7 Å². The Kier molecular flexibility index (Phi) is 8.43. The topological polar surface area (TPSA) is 121 Å². The molecule has 9 nitrogen and oxygen atoms in total. The van der Waals surface area contributed by atoms with Gasteiger partial charge in [-0.25, -0.2) is 17.9 Å². The number of piperidine rings is 1. The van der Waals surface area contributed by atoms with Crippen molar-refractivity contribution in [1.82, 2.24) is 29.9 Å². The van der Waals surface area contributed by atoms with Gasteiger partial charge in [-0.2, -0.15) is 4.98 Å². The highest BCUT2D eigenvalue weighted by molar-refractivity contribution is 7.89. The molecule has 206 valence electrons. The molecule has 0 bridgehead atoms. The Hall–Kier alpha value is -3.09. The molecule has 3 heterocycles. The van der Waals surface area contributed by atoms with Gasteiger partial charge < -0.3 is 15.6 Å². The third-order valence-electron chi connectivity index (χ3n) is 6.73. The number of nitrogens with zero attached hydrogens (tertiary/aromatic N) is 2. The van der Waals surface area contributed by atoms with E-state index in [0.717, 1.165) is 31.5 Å². The van der Waals surface area contributed by atoms with Crippen molar-refractivity contribution in [3.05, 3.63) is 75.8 Å². The van der Waals surface area contributed by atoms with Gasteiger partial charge in [-0.3, -0.25) is 8.96 Å². The average Bonchev–Trinajstić information content (AvgIpc) is 3.34. The van der Waals surface area contributed by atoms with E-state index in [2.05, 4.69) is 25.3 Å². The second-order valence-electron chi connectivity index (χ2n) is 9.56. The largest absolute Gasteiger partial charge is 0.354 e. The number of nitrogens with one attached hydrogen (secondary N) is 4. The number of alkyl halides is 1. The Bertz CT molecular complexity index is 1620. The summed E-state index contributed by atoms with van der Waals surface area (Å²) >= 11 is 6.43. The predicted molar refractivity (Wildman–Crippen MR) is 151 cm³/mol. The summed E-state index contributed by atoms with van der Waals surface area (Å²) in [5.41, 5.74) is 3.00. The van der Waals surface area contributed by atoms with Crippen molar-refractivity contribution in [3.8, 4) is 16.9 Å². The smallest absolute Gasteiger partial charge is 0.339 e. The lowest BCUT2D eigenvalue weighted by Crippen LogP contribution is -2.42. The van der Waals surface area contributed by atoms with E-state index >= 15 is 0 Å². The van der Waals surface area contributed by atoms with Crippen LogP contribution in [0, 0.1) is 0 Å². The van der Waals surface area contributed by atoms with E-state index in [-0.39, 0.29) is 22.6 Å². The number of hydrogen-bond acceptors (Lipinski definition) is 6. The Morgan fingerprint density at radius 3 is 2.59 bits per heavy atom. The highest BCUT2D eigenvalue weighted by Crippen LogP contribution is 2.30. The van der Waals surface area contributed by atoms with Gasteiger partial charge in [0.05, 0.1) is 17.4 Å². The summed E-state index contributed by atoms with van der Waals surface area (Å²) in [6.45, 7) is 2.41. The zero-order valence-corrected chi connectivity index (χ0v) is 22.8. The molecule has 1 fully saturated rings. The summed E-state index contributed by atoms with van der Waals surface area (Å²) in [5, 5.41) is 7.21. The minimum absolute atomic E-state index is 0.0291. The van der Waals surface area contributed by atoms with Crippen molar-refractivity contribution in [2.75, 3.05) is 26.3 Å². The summed E-state index contributed by atoms with van der Waals surface area (Å²) in [6, 6.07) is 14.0. The number of sulfonamides is 1. The van der Waals surface area contributed by atoms with Crippen molar-refractivity contribution in [2.45, 2.75) is 36.7 Å². The van der Waals surface area contributed by atoms with Crippen LogP contribution in [0.2, 0.25) is 5.02 Å². The molecule has 1 saturated heterocycles. The maximum Gasteiger partial charge on any atom is 0.354 e. The quantitative estimate of drug-likeness (QED) is 0.216. The first-order valence-corrected chi connectivity index (χ1v) is 14.7. The molecule has 12 heteroatoms. The lowest BCUT2D eigenvalue weighted by atomic mass is 10.1. The third kappa shape index (κ3) is 6.39. The molecular weight excluding hydrogens is 543 g/mol. The van der Waals surface area contributed by atoms with Crippen LogP contribution in [0.5, 0.6) is 0 Å². The molecule has 2 aromatic carbocycles. The fourth-order valence-electron chi connectivity index (χ4n) is 4.64. The van der Waals surface area contributed by atoms with Crippen molar-refractivity contribution in [1.29, 1.82) is 0 Å². The normalized spacial score (nSPS) is 14.7. The Balaban J connectivity index is 1.36. The second kappa shape index (κ2) is 12.0. The van der Waals surface area contributed by atoms with E-state index in [9.17, 15) is 17.6 Å². The van der Waals surface area contributed by atoms with Crippen LogP contribution in [0.25, 0.3) is 28.0 Å². The molecular formula is C27H30ClFN6O3S. The van der Waals surface area contributed by atoms with Crippen LogP contribution in [0.4, 0.5) is 4.39 Å². The third-order valence-corrected chi connectivity index (χ3v) is 8.74. The minimum atomic E-state index is -3.76. The predicted octanol–water partition coefficient (Wildman–Crippen LogP) is 3.51. The molecule has 39 heavy (non-hydrogen) atoms. The average molecular weight is 573 g/mol. The molecule has 0 amide bonds. The van der Waals surface area contributed by atoms with Crippen LogP contribution in [0.15, 0.2) is 64.4 Å². The van der Waals surface area contributed by atoms with Gasteiger partial charge in [-0.1, -0.05) is 29.8 Å². The fourth-order valence-corrected chi connectivity index (χ4v) is 6.49. The number of fused-ring (bicyclic) bond motifs is 1. The van der Waals surface area contributed by atoms with Crippen LogP contribution >= 0.6 is 11.6 Å². The van der Waals surface area contributed by atoms with Crippen molar-refractivity contribution < 1.29 is 12.8 Å². The van der Waals surface area contributed by atoms with Gasteiger partial charge in [0, 0.05) is 29.9 Å². The zero-order chi connectivity index (χ0) is 27.4. The molecule has 1 aliphatic heterocycles. The first kappa shape index (κ1) is 27.5. The van der Waals surface area contributed by atoms with Gasteiger partial charge in [0.1, 0.15) is 10.5 Å². The summed E-state index contributed by atoms with van der Waals surface area (Å²) < 4.78 is 42.3. The number of H-pyrrole nitrogens is 1. The molecule has 4 aromatic rings. The Morgan fingerprint density at radius 1 is 1.10 bits per heavy atom. The zero-order valence-electron chi connectivity index (χ0n) is 21.2. The maximum atomic E-state index is 12.9. The standard InChI is InChI=1S/C27H30ClFN6O3S/c28-23-14-19(4-7-25(23)39(37,38)34-21-8-12-30-13-9-21)24-15-20-17-35(27(36)33-26(20)32-24)22-5-2-18(3-6-22)16-31-11-1-10-29/h2-7,14-15,17,21,30-31,34H,1,8-13,16H2,(H,32,33,36). The molecule has 0 aliphatic carbocycles. The minimum Gasteiger partial charge on any atom is -0.339 e. The molecule has 0 radical (unpaired) electrons. The Morgan fingerprint density at radius 2 is 1.87 bits per heavy atom. The van der Waals surface area contributed by atoms with E-state index in [1.165, 1.54) is 10.6 Å². The Labute approximate surface area is 230 Å². The summed E-state index contributed by atoms with van der Waals surface area (Å²) in [7, 11) is -3.76. The molecule has 5 rings (SSSR count). The van der Waals surface area contributed by atoms with Gasteiger partial charge in [-0.05, 0) is 80.4 Å². The van der Waals surface area contributed by atoms with Gasteiger partial charge >= 0.3 is 5.69 Å². The fraction of sp³-hybridized carbons (Fsp3) is 0.333. The van der Waals surface area contributed by atoms with Crippen molar-refractivity contribution in [3.63, 3.8) is 0 Å². The number of benzene rings is 2. The van der Waals surface area contributed by atoms with Crippen molar-refractivity contribution >= 4 is 32.7 Å². The molecule has 0 atom stereocenters. The highest BCUT2D eigenvalue weighted by Gasteiger charge is 2.24. The summed E-state index contributed by atoms with van der Waals surface area (Å²) in [6.07, 6.45) is 3.63. The van der Waals surface area contributed by atoms with E-state index in [4.69, 9.17) is 11.6 Å². The number of rotatable bonds is 10. The van der Waals surface area contributed by atoms with Crippen LogP contribution < -0.4 is 21.0 Å². The molecule has 0 spiro atoms. The van der Waals surface area contributed by atoms with Gasteiger partial charge in [0.15, 0.2) is 0 Å². The van der Waals surface area contributed by atoms with Crippen LogP contribution in [0.3, 0.4) is 0 Å². The van der Waals surface area contributed by atoms with Gasteiger partial charge in [0.2, 0.25) is 10.0 Å². The first-order chi connectivity index (χ1) is 18.8. The maximum absolute atomic E-state index is 12.9.